The van der Waals surface area contributed by atoms with Gasteiger partial charge in [0.25, 0.3) is 10.0 Å². The van der Waals surface area contributed by atoms with Crippen molar-refractivity contribution in [3.05, 3.63) is 17.9 Å². The van der Waals surface area contributed by atoms with Gasteiger partial charge >= 0.3 is 5.97 Å². The molecule has 0 aromatic carbocycles. The molecule has 1 aromatic heterocycles. The van der Waals surface area contributed by atoms with E-state index in [9.17, 15) is 13.2 Å². The van der Waals surface area contributed by atoms with Crippen molar-refractivity contribution < 1.29 is 22.4 Å². The summed E-state index contributed by atoms with van der Waals surface area (Å²) in [6.07, 6.45) is 0. The summed E-state index contributed by atoms with van der Waals surface area (Å²) in [4.78, 5) is 11.4. The smallest absolute Gasteiger partial charge is 0.320 e. The lowest BCUT2D eigenvalue weighted by molar-refractivity contribution is -0.153. The Bertz CT molecular complexity index is 542. The Balaban J connectivity index is 2.42. The third-order valence-corrected chi connectivity index (χ3v) is 2.69. The van der Waals surface area contributed by atoms with Crippen LogP contribution < -0.4 is 10.5 Å². The zero-order valence-electron chi connectivity index (χ0n) is 11.1. The van der Waals surface area contributed by atoms with Crippen LogP contribution >= 0.6 is 0 Å². The Morgan fingerprint density at radius 2 is 2.05 bits per heavy atom. The molecule has 0 saturated carbocycles. The summed E-state index contributed by atoms with van der Waals surface area (Å²) >= 11 is 0. The van der Waals surface area contributed by atoms with Gasteiger partial charge in [-0.25, -0.2) is 13.6 Å². The van der Waals surface area contributed by atoms with Crippen LogP contribution in [0.5, 0.6) is 0 Å². The largest absolute Gasteiger partial charge is 0.459 e. The maximum absolute atomic E-state index is 11.4. The fourth-order valence-electron chi connectivity index (χ4n) is 1.27. The highest BCUT2D eigenvalue weighted by Gasteiger charge is 2.16. The van der Waals surface area contributed by atoms with Crippen molar-refractivity contribution >= 4 is 16.0 Å². The predicted octanol–water partition coefficient (Wildman–Crippen LogP) is 0.358. The van der Waals surface area contributed by atoms with Crippen molar-refractivity contribution in [3.63, 3.8) is 0 Å². The predicted molar refractivity (Wildman–Crippen MR) is 67.6 cm³/mol. The standard InChI is InChI=1S/C11H18N2O5S/c1-11(2,3)18-9(14)7-13-6-8-4-5-10(17-8)19(12,15)16/h4-5,13H,6-7H2,1-3H3,(H2,12,15,16). The van der Waals surface area contributed by atoms with Gasteiger partial charge in [-0.05, 0) is 32.9 Å². The molecule has 0 aliphatic rings. The number of sulfonamides is 1. The lowest BCUT2D eigenvalue weighted by Gasteiger charge is -2.19. The first kappa shape index (κ1) is 15.7. The van der Waals surface area contributed by atoms with Crippen molar-refractivity contribution in [1.29, 1.82) is 0 Å². The molecule has 19 heavy (non-hydrogen) atoms. The molecule has 0 spiro atoms. The van der Waals surface area contributed by atoms with Crippen LogP contribution in [0.4, 0.5) is 0 Å². The summed E-state index contributed by atoms with van der Waals surface area (Å²) in [6.45, 7) is 5.53. The maximum Gasteiger partial charge on any atom is 0.320 e. The van der Waals surface area contributed by atoms with E-state index in [1.807, 2.05) is 0 Å². The van der Waals surface area contributed by atoms with E-state index >= 15 is 0 Å². The molecule has 1 aromatic rings. The van der Waals surface area contributed by atoms with Gasteiger partial charge in [-0.1, -0.05) is 0 Å². The summed E-state index contributed by atoms with van der Waals surface area (Å²) in [6, 6.07) is 2.74. The van der Waals surface area contributed by atoms with Crippen LogP contribution in [-0.2, 0) is 26.1 Å². The summed E-state index contributed by atoms with van der Waals surface area (Å²) in [7, 11) is -3.83. The van der Waals surface area contributed by atoms with Gasteiger partial charge in [-0.15, -0.1) is 0 Å². The number of hydrogen-bond donors (Lipinski definition) is 2. The number of furan rings is 1. The first-order valence-electron chi connectivity index (χ1n) is 5.62. The third kappa shape index (κ3) is 5.86. The van der Waals surface area contributed by atoms with Crippen molar-refractivity contribution in [2.75, 3.05) is 6.54 Å². The van der Waals surface area contributed by atoms with Gasteiger partial charge in [0, 0.05) is 0 Å². The van der Waals surface area contributed by atoms with E-state index in [-0.39, 0.29) is 18.2 Å². The number of carbonyl (C=O) groups excluding carboxylic acids is 1. The van der Waals surface area contributed by atoms with E-state index in [1.54, 1.807) is 20.8 Å². The quantitative estimate of drug-likeness (QED) is 0.757. The number of hydrogen-bond acceptors (Lipinski definition) is 6. The second-order valence-corrected chi connectivity index (χ2v) is 6.45. The topological polar surface area (TPSA) is 112 Å². The second kappa shape index (κ2) is 5.72. The Kier molecular flexibility index (Phi) is 4.72. The van der Waals surface area contributed by atoms with Gasteiger partial charge < -0.3 is 9.15 Å². The van der Waals surface area contributed by atoms with Crippen LogP contribution in [0.3, 0.4) is 0 Å². The molecule has 8 heteroatoms. The minimum Gasteiger partial charge on any atom is -0.459 e. The fourth-order valence-corrected chi connectivity index (χ4v) is 1.75. The van der Waals surface area contributed by atoms with Gasteiger partial charge in [0.1, 0.15) is 11.4 Å². The molecule has 0 amide bonds. The Labute approximate surface area is 112 Å². The van der Waals surface area contributed by atoms with Gasteiger partial charge in [0.2, 0.25) is 5.09 Å². The molecule has 1 rings (SSSR count). The SMILES string of the molecule is CC(C)(C)OC(=O)CNCc1ccc(S(N)(=O)=O)o1. The molecule has 1 heterocycles. The highest BCUT2D eigenvalue weighted by atomic mass is 32.2. The lowest BCUT2D eigenvalue weighted by Crippen LogP contribution is -2.31. The first-order chi connectivity index (χ1) is 8.58. The molecule has 0 saturated heterocycles. The minimum absolute atomic E-state index is 0.00266. The average molecular weight is 290 g/mol. The Hall–Kier alpha value is -1.38. The minimum atomic E-state index is -3.83. The van der Waals surface area contributed by atoms with E-state index < -0.39 is 21.6 Å². The molecule has 3 N–H and O–H groups in total. The number of nitrogens with one attached hydrogen (secondary N) is 1. The summed E-state index contributed by atoms with van der Waals surface area (Å²) < 4.78 is 32.0. The number of esters is 1. The molecular weight excluding hydrogens is 272 g/mol. The van der Waals surface area contributed by atoms with Crippen LogP contribution in [0.2, 0.25) is 0 Å². The van der Waals surface area contributed by atoms with Crippen LogP contribution in [0.15, 0.2) is 21.6 Å². The van der Waals surface area contributed by atoms with Gasteiger partial charge in [-0.2, -0.15) is 0 Å². The summed E-state index contributed by atoms with van der Waals surface area (Å²) in [5.74, 6) is -0.0293. The van der Waals surface area contributed by atoms with Crippen molar-refractivity contribution in [2.24, 2.45) is 5.14 Å². The monoisotopic (exact) mass is 290 g/mol. The second-order valence-electron chi connectivity index (χ2n) is 4.96. The van der Waals surface area contributed by atoms with Crippen LogP contribution in [-0.4, -0.2) is 26.5 Å². The zero-order chi connectivity index (χ0) is 14.7. The Morgan fingerprint density at radius 1 is 1.42 bits per heavy atom. The number of rotatable bonds is 5. The van der Waals surface area contributed by atoms with Gasteiger partial charge in [0.05, 0.1) is 13.1 Å². The van der Waals surface area contributed by atoms with Crippen LogP contribution in [0, 0.1) is 0 Å². The first-order valence-corrected chi connectivity index (χ1v) is 7.16. The Morgan fingerprint density at radius 3 is 2.53 bits per heavy atom. The number of primary sulfonamides is 1. The third-order valence-electron chi connectivity index (χ3n) is 1.91. The molecule has 0 fully saturated rings. The van der Waals surface area contributed by atoms with Crippen molar-refractivity contribution in [1.82, 2.24) is 5.32 Å². The molecule has 0 bridgehead atoms. The highest BCUT2D eigenvalue weighted by Crippen LogP contribution is 2.11. The molecule has 0 aliphatic carbocycles. The van der Waals surface area contributed by atoms with Crippen molar-refractivity contribution in [3.8, 4) is 0 Å². The molecule has 7 nitrogen and oxygen atoms in total. The summed E-state index contributed by atoms with van der Waals surface area (Å²) in [5, 5.41) is 7.38. The average Bonchev–Trinajstić information content (AvgIpc) is 2.62. The lowest BCUT2D eigenvalue weighted by atomic mass is 10.2. The van der Waals surface area contributed by atoms with Gasteiger partial charge in [-0.3, -0.25) is 10.1 Å². The molecule has 0 unspecified atom stereocenters. The van der Waals surface area contributed by atoms with E-state index in [1.165, 1.54) is 12.1 Å². The maximum atomic E-state index is 11.4. The molecule has 0 aliphatic heterocycles. The van der Waals surface area contributed by atoms with E-state index in [0.717, 1.165) is 0 Å². The number of ether oxygens (including phenoxy) is 1. The van der Waals surface area contributed by atoms with Crippen LogP contribution in [0.25, 0.3) is 0 Å². The molecule has 0 atom stereocenters. The van der Waals surface area contributed by atoms with E-state index in [4.69, 9.17) is 14.3 Å². The van der Waals surface area contributed by atoms with E-state index in [0.29, 0.717) is 5.76 Å². The molecule has 0 radical (unpaired) electrons. The summed E-state index contributed by atoms with van der Waals surface area (Å²) in [5.41, 5.74) is -0.537. The number of carbonyl (C=O) groups is 1. The molecule has 108 valence electrons. The van der Waals surface area contributed by atoms with E-state index in [2.05, 4.69) is 5.32 Å². The number of nitrogens with two attached hydrogens (primary N) is 1. The normalized spacial score (nSPS) is 12.4. The van der Waals surface area contributed by atoms with Gasteiger partial charge in [0.15, 0.2) is 0 Å². The molecular formula is C11H18N2O5S. The van der Waals surface area contributed by atoms with Crippen LogP contribution in [0.1, 0.15) is 26.5 Å². The fraction of sp³-hybridized carbons (Fsp3) is 0.545. The zero-order valence-corrected chi connectivity index (χ0v) is 11.9. The van der Waals surface area contributed by atoms with Crippen molar-refractivity contribution in [2.45, 2.75) is 38.0 Å². The highest BCUT2D eigenvalue weighted by molar-refractivity contribution is 7.89.